The molecule has 1 N–H and O–H groups in total. The number of aryl methyl sites for hydroxylation is 2. The van der Waals surface area contributed by atoms with E-state index < -0.39 is 5.97 Å². The van der Waals surface area contributed by atoms with E-state index in [-0.39, 0.29) is 5.91 Å². The lowest BCUT2D eigenvalue weighted by Gasteiger charge is -2.10. The summed E-state index contributed by atoms with van der Waals surface area (Å²) in [5.41, 5.74) is 2.36. The van der Waals surface area contributed by atoms with E-state index in [2.05, 4.69) is 26.0 Å². The number of nitrogens with zero attached hydrogens (tertiary/aromatic N) is 1. The summed E-state index contributed by atoms with van der Waals surface area (Å²) in [6, 6.07) is 6.77. The van der Waals surface area contributed by atoms with Crippen molar-refractivity contribution in [1.29, 1.82) is 0 Å². The number of carbonyl (C=O) groups is 2. The molecule has 2 rings (SSSR count). The fourth-order valence-corrected chi connectivity index (χ4v) is 2.46. The molecule has 0 aliphatic carbocycles. The fraction of sp³-hybridized carbons (Fsp3) is 0.200. The first-order valence-electron chi connectivity index (χ1n) is 6.24. The summed E-state index contributed by atoms with van der Waals surface area (Å²) in [6.45, 7) is 1.86. The van der Waals surface area contributed by atoms with Gasteiger partial charge in [-0.05, 0) is 46.6 Å². The molecule has 110 valence electrons. The number of anilines is 1. The number of carbonyl (C=O) groups excluding carboxylic acids is 2. The first kappa shape index (κ1) is 15.3. The lowest BCUT2D eigenvalue weighted by molar-refractivity contribution is 0.0600. The number of amides is 1. The first-order valence-corrected chi connectivity index (χ1v) is 7.04. The van der Waals surface area contributed by atoms with Crippen LogP contribution in [0.15, 0.2) is 34.9 Å². The average molecular weight is 351 g/mol. The number of esters is 1. The van der Waals surface area contributed by atoms with E-state index >= 15 is 0 Å². The number of rotatable bonds is 3. The van der Waals surface area contributed by atoms with Gasteiger partial charge in [0.2, 0.25) is 0 Å². The Kier molecular flexibility index (Phi) is 4.47. The van der Waals surface area contributed by atoms with Gasteiger partial charge in [0.05, 0.1) is 12.7 Å². The molecular weight excluding hydrogens is 336 g/mol. The summed E-state index contributed by atoms with van der Waals surface area (Å²) in [7, 11) is 3.11. The predicted octanol–water partition coefficient (Wildman–Crippen LogP) is 3.13. The van der Waals surface area contributed by atoms with Gasteiger partial charge >= 0.3 is 5.97 Å². The maximum Gasteiger partial charge on any atom is 0.337 e. The van der Waals surface area contributed by atoms with Gasteiger partial charge in [-0.3, -0.25) is 4.79 Å². The zero-order valence-electron chi connectivity index (χ0n) is 11.9. The molecule has 21 heavy (non-hydrogen) atoms. The number of nitrogens with one attached hydrogen (secondary N) is 1. The van der Waals surface area contributed by atoms with Crippen LogP contribution < -0.4 is 5.32 Å². The Bertz CT molecular complexity index is 707. The quantitative estimate of drug-likeness (QED) is 0.865. The van der Waals surface area contributed by atoms with Crippen molar-refractivity contribution in [2.24, 2.45) is 7.05 Å². The third-order valence-corrected chi connectivity index (χ3v) is 3.54. The van der Waals surface area contributed by atoms with Gasteiger partial charge in [0.1, 0.15) is 5.69 Å². The second-order valence-electron chi connectivity index (χ2n) is 4.63. The Hall–Kier alpha value is -2.08. The molecule has 0 aliphatic heterocycles. The Labute approximate surface area is 131 Å². The van der Waals surface area contributed by atoms with E-state index in [1.807, 2.05) is 6.92 Å². The number of aromatic nitrogens is 1. The van der Waals surface area contributed by atoms with Crippen LogP contribution in [-0.2, 0) is 11.8 Å². The molecule has 2 aromatic rings. The van der Waals surface area contributed by atoms with Crippen LogP contribution in [0.5, 0.6) is 0 Å². The lowest BCUT2D eigenvalue weighted by atomic mass is 10.1. The molecule has 1 aromatic heterocycles. The summed E-state index contributed by atoms with van der Waals surface area (Å²) in [4.78, 5) is 23.8. The number of ether oxygens (including phenoxy) is 1. The van der Waals surface area contributed by atoms with E-state index in [9.17, 15) is 9.59 Å². The molecule has 5 nitrogen and oxygen atoms in total. The SMILES string of the molecule is COC(=O)c1ccc(C)c(NC(=O)c2cc(Br)cn2C)c1. The van der Waals surface area contributed by atoms with Gasteiger partial charge < -0.3 is 14.6 Å². The van der Waals surface area contributed by atoms with E-state index in [1.54, 1.807) is 42.1 Å². The van der Waals surface area contributed by atoms with E-state index in [0.29, 0.717) is 16.9 Å². The molecule has 0 spiro atoms. The summed E-state index contributed by atoms with van der Waals surface area (Å²) >= 11 is 3.33. The molecule has 0 unspecified atom stereocenters. The van der Waals surface area contributed by atoms with Crippen LogP contribution in [0, 0.1) is 6.92 Å². The number of methoxy groups -OCH3 is 1. The predicted molar refractivity (Wildman–Crippen MR) is 83.6 cm³/mol. The van der Waals surface area contributed by atoms with Gasteiger partial charge in [-0.1, -0.05) is 6.07 Å². The molecule has 1 heterocycles. The molecule has 1 aromatic carbocycles. The van der Waals surface area contributed by atoms with Crippen LogP contribution in [0.2, 0.25) is 0 Å². The molecule has 6 heteroatoms. The lowest BCUT2D eigenvalue weighted by Crippen LogP contribution is -2.16. The molecule has 1 amide bonds. The van der Waals surface area contributed by atoms with Gasteiger partial charge in [0.25, 0.3) is 5.91 Å². The number of benzene rings is 1. The van der Waals surface area contributed by atoms with Gasteiger partial charge in [0, 0.05) is 23.4 Å². The molecule has 0 atom stereocenters. The van der Waals surface area contributed by atoms with E-state index in [0.717, 1.165) is 10.0 Å². The van der Waals surface area contributed by atoms with Crippen LogP contribution in [0.3, 0.4) is 0 Å². The highest BCUT2D eigenvalue weighted by Gasteiger charge is 2.14. The van der Waals surface area contributed by atoms with Gasteiger partial charge in [-0.2, -0.15) is 0 Å². The van der Waals surface area contributed by atoms with Crippen LogP contribution in [0.4, 0.5) is 5.69 Å². The summed E-state index contributed by atoms with van der Waals surface area (Å²) in [6.07, 6.45) is 1.80. The second kappa shape index (κ2) is 6.13. The summed E-state index contributed by atoms with van der Waals surface area (Å²) < 4.78 is 7.23. The second-order valence-corrected chi connectivity index (χ2v) is 5.55. The maximum absolute atomic E-state index is 12.3. The molecule has 0 bridgehead atoms. The van der Waals surface area contributed by atoms with E-state index in [4.69, 9.17) is 0 Å². The van der Waals surface area contributed by atoms with Crippen molar-refractivity contribution in [3.8, 4) is 0 Å². The van der Waals surface area contributed by atoms with Crippen LogP contribution in [0.1, 0.15) is 26.4 Å². The van der Waals surface area contributed by atoms with Crippen LogP contribution in [0.25, 0.3) is 0 Å². The van der Waals surface area contributed by atoms with Crippen molar-refractivity contribution in [2.75, 3.05) is 12.4 Å². The fourth-order valence-electron chi connectivity index (χ4n) is 1.94. The average Bonchev–Trinajstić information content (AvgIpc) is 2.79. The summed E-state index contributed by atoms with van der Waals surface area (Å²) in [5.74, 6) is -0.680. The van der Waals surface area contributed by atoms with Crippen molar-refractivity contribution in [2.45, 2.75) is 6.92 Å². The minimum atomic E-state index is -0.438. The molecule has 0 saturated heterocycles. The highest BCUT2D eigenvalue weighted by atomic mass is 79.9. The first-order chi connectivity index (χ1) is 9.92. The largest absolute Gasteiger partial charge is 0.465 e. The summed E-state index contributed by atoms with van der Waals surface area (Å²) in [5, 5.41) is 2.81. The van der Waals surface area contributed by atoms with Crippen molar-refractivity contribution >= 4 is 33.5 Å². The highest BCUT2D eigenvalue weighted by molar-refractivity contribution is 9.10. The zero-order chi connectivity index (χ0) is 15.6. The van der Waals surface area contributed by atoms with Gasteiger partial charge in [-0.25, -0.2) is 4.79 Å². The molecule has 0 fully saturated rings. The smallest absolute Gasteiger partial charge is 0.337 e. The van der Waals surface area contributed by atoms with Crippen molar-refractivity contribution < 1.29 is 14.3 Å². The zero-order valence-corrected chi connectivity index (χ0v) is 13.5. The standard InChI is InChI=1S/C15H15BrN2O3/c1-9-4-5-10(15(20)21-3)6-12(9)17-14(19)13-7-11(16)8-18(13)2/h4-8H,1-3H3,(H,17,19). The Morgan fingerprint density at radius 2 is 2.00 bits per heavy atom. The molecular formula is C15H15BrN2O3. The molecule has 0 radical (unpaired) electrons. The minimum Gasteiger partial charge on any atom is -0.465 e. The highest BCUT2D eigenvalue weighted by Crippen LogP contribution is 2.20. The maximum atomic E-state index is 12.3. The number of halogens is 1. The monoisotopic (exact) mass is 350 g/mol. The Morgan fingerprint density at radius 3 is 2.57 bits per heavy atom. The van der Waals surface area contributed by atoms with Crippen LogP contribution in [-0.4, -0.2) is 23.6 Å². The third kappa shape index (κ3) is 3.33. The number of hydrogen-bond acceptors (Lipinski definition) is 3. The minimum absolute atomic E-state index is 0.242. The van der Waals surface area contributed by atoms with Gasteiger partial charge in [-0.15, -0.1) is 0 Å². The Balaban J connectivity index is 2.28. The van der Waals surface area contributed by atoms with Crippen molar-refractivity contribution in [3.05, 3.63) is 51.8 Å². The number of hydrogen-bond donors (Lipinski definition) is 1. The van der Waals surface area contributed by atoms with Gasteiger partial charge in [0.15, 0.2) is 0 Å². The third-order valence-electron chi connectivity index (χ3n) is 3.11. The molecule has 0 aliphatic rings. The van der Waals surface area contributed by atoms with Crippen molar-refractivity contribution in [3.63, 3.8) is 0 Å². The Morgan fingerprint density at radius 1 is 1.29 bits per heavy atom. The van der Waals surface area contributed by atoms with Crippen molar-refractivity contribution in [1.82, 2.24) is 4.57 Å². The van der Waals surface area contributed by atoms with E-state index in [1.165, 1.54) is 7.11 Å². The topological polar surface area (TPSA) is 60.3 Å². The normalized spacial score (nSPS) is 10.3. The van der Waals surface area contributed by atoms with Crippen LogP contribution >= 0.6 is 15.9 Å². The molecule has 0 saturated carbocycles.